The molecular formula is C10H13ClFNO. The number of hydrogen-bond acceptors (Lipinski definition) is 2. The van der Waals surface area contributed by atoms with Crippen molar-refractivity contribution < 1.29 is 9.50 Å². The van der Waals surface area contributed by atoms with E-state index >= 15 is 0 Å². The van der Waals surface area contributed by atoms with Gasteiger partial charge in [-0.2, -0.15) is 0 Å². The predicted molar refractivity (Wildman–Crippen MR) is 54.7 cm³/mol. The maximum atomic E-state index is 13.3. The molecule has 0 aromatic heterocycles. The SMILES string of the molecule is NCC(CO)Cc1c(F)cccc1Cl. The Morgan fingerprint density at radius 3 is 2.71 bits per heavy atom. The molecule has 0 bridgehead atoms. The molecule has 0 aliphatic heterocycles. The van der Waals surface area contributed by atoms with Crippen LogP contribution in [0.15, 0.2) is 18.2 Å². The van der Waals surface area contributed by atoms with E-state index < -0.39 is 0 Å². The highest BCUT2D eigenvalue weighted by molar-refractivity contribution is 6.31. The van der Waals surface area contributed by atoms with E-state index in [1.54, 1.807) is 12.1 Å². The summed E-state index contributed by atoms with van der Waals surface area (Å²) in [6.07, 6.45) is 0.374. The molecule has 0 radical (unpaired) electrons. The van der Waals surface area contributed by atoms with Crippen LogP contribution in [-0.4, -0.2) is 18.3 Å². The van der Waals surface area contributed by atoms with E-state index in [2.05, 4.69) is 0 Å². The first-order valence-electron chi connectivity index (χ1n) is 4.42. The smallest absolute Gasteiger partial charge is 0.127 e. The molecule has 1 aromatic rings. The zero-order valence-electron chi connectivity index (χ0n) is 7.71. The summed E-state index contributed by atoms with van der Waals surface area (Å²) in [5.41, 5.74) is 5.84. The van der Waals surface area contributed by atoms with Crippen molar-refractivity contribution in [1.82, 2.24) is 0 Å². The van der Waals surface area contributed by atoms with E-state index in [-0.39, 0.29) is 18.3 Å². The highest BCUT2D eigenvalue weighted by Crippen LogP contribution is 2.21. The van der Waals surface area contributed by atoms with Gasteiger partial charge in [0.1, 0.15) is 5.82 Å². The summed E-state index contributed by atoms with van der Waals surface area (Å²) >= 11 is 5.83. The summed E-state index contributed by atoms with van der Waals surface area (Å²) in [4.78, 5) is 0. The first-order valence-corrected chi connectivity index (χ1v) is 4.80. The highest BCUT2D eigenvalue weighted by atomic mass is 35.5. The van der Waals surface area contributed by atoms with Gasteiger partial charge in [-0.15, -0.1) is 0 Å². The Hall–Kier alpha value is -0.640. The predicted octanol–water partition coefficient (Wildman–Crippen LogP) is 1.59. The monoisotopic (exact) mass is 217 g/mol. The van der Waals surface area contributed by atoms with Crippen molar-refractivity contribution >= 4 is 11.6 Å². The Bertz CT molecular complexity index is 282. The van der Waals surface area contributed by atoms with Gasteiger partial charge < -0.3 is 10.8 Å². The second kappa shape index (κ2) is 5.29. The van der Waals surface area contributed by atoms with Crippen molar-refractivity contribution in [1.29, 1.82) is 0 Å². The molecule has 1 atom stereocenters. The molecule has 0 saturated carbocycles. The number of halogens is 2. The van der Waals surface area contributed by atoms with Crippen LogP contribution in [0.4, 0.5) is 4.39 Å². The van der Waals surface area contributed by atoms with Gasteiger partial charge in [0.15, 0.2) is 0 Å². The third-order valence-corrected chi connectivity index (χ3v) is 2.50. The lowest BCUT2D eigenvalue weighted by Gasteiger charge is -2.12. The minimum Gasteiger partial charge on any atom is -0.396 e. The van der Waals surface area contributed by atoms with Gasteiger partial charge in [-0.05, 0) is 31.0 Å². The van der Waals surface area contributed by atoms with Crippen molar-refractivity contribution in [2.24, 2.45) is 11.7 Å². The third kappa shape index (κ3) is 2.67. The first kappa shape index (κ1) is 11.4. The molecule has 2 nitrogen and oxygen atoms in total. The second-order valence-corrected chi connectivity index (χ2v) is 3.60. The van der Waals surface area contributed by atoms with Crippen LogP contribution >= 0.6 is 11.6 Å². The Kier molecular flexibility index (Phi) is 4.32. The largest absolute Gasteiger partial charge is 0.396 e. The lowest BCUT2D eigenvalue weighted by molar-refractivity contribution is 0.229. The van der Waals surface area contributed by atoms with E-state index in [0.29, 0.717) is 23.6 Å². The molecule has 1 aromatic carbocycles. The molecular weight excluding hydrogens is 205 g/mol. The standard InChI is InChI=1S/C10H13ClFNO/c11-9-2-1-3-10(12)8(9)4-7(5-13)6-14/h1-3,7,14H,4-6,13H2. The fourth-order valence-corrected chi connectivity index (χ4v) is 1.48. The summed E-state index contributed by atoms with van der Waals surface area (Å²) in [5.74, 6) is -0.478. The molecule has 0 heterocycles. The Morgan fingerprint density at radius 1 is 1.50 bits per heavy atom. The average molecular weight is 218 g/mol. The van der Waals surface area contributed by atoms with Gasteiger partial charge in [0.2, 0.25) is 0 Å². The zero-order valence-corrected chi connectivity index (χ0v) is 8.47. The molecule has 1 rings (SSSR count). The van der Waals surface area contributed by atoms with E-state index in [1.807, 2.05) is 0 Å². The summed E-state index contributed by atoms with van der Waals surface area (Å²) in [5, 5.41) is 9.31. The number of rotatable bonds is 4. The average Bonchev–Trinajstić information content (AvgIpc) is 2.18. The quantitative estimate of drug-likeness (QED) is 0.805. The molecule has 0 aliphatic rings. The van der Waals surface area contributed by atoms with Crippen molar-refractivity contribution in [3.05, 3.63) is 34.6 Å². The number of aliphatic hydroxyl groups is 1. The maximum absolute atomic E-state index is 13.3. The van der Waals surface area contributed by atoms with Crippen LogP contribution in [0.2, 0.25) is 5.02 Å². The lowest BCUT2D eigenvalue weighted by atomic mass is 10.00. The molecule has 0 fully saturated rings. The Morgan fingerprint density at radius 2 is 2.21 bits per heavy atom. The van der Waals surface area contributed by atoms with E-state index in [9.17, 15) is 4.39 Å². The van der Waals surface area contributed by atoms with Gasteiger partial charge in [-0.1, -0.05) is 17.7 Å². The van der Waals surface area contributed by atoms with E-state index in [4.69, 9.17) is 22.4 Å². The zero-order chi connectivity index (χ0) is 10.6. The van der Waals surface area contributed by atoms with Gasteiger partial charge >= 0.3 is 0 Å². The minimum absolute atomic E-state index is 0.0544. The van der Waals surface area contributed by atoms with Crippen LogP contribution in [0.1, 0.15) is 5.56 Å². The second-order valence-electron chi connectivity index (χ2n) is 3.19. The molecule has 4 heteroatoms. The molecule has 0 aliphatic carbocycles. The van der Waals surface area contributed by atoms with E-state index in [0.717, 1.165) is 0 Å². The molecule has 0 saturated heterocycles. The number of aliphatic hydroxyl groups excluding tert-OH is 1. The fraction of sp³-hybridized carbons (Fsp3) is 0.400. The molecule has 78 valence electrons. The van der Waals surface area contributed by atoms with E-state index in [1.165, 1.54) is 6.07 Å². The number of benzene rings is 1. The summed E-state index contributed by atoms with van der Waals surface area (Å²) in [7, 11) is 0. The fourth-order valence-electron chi connectivity index (χ4n) is 1.24. The molecule has 3 N–H and O–H groups in total. The highest BCUT2D eigenvalue weighted by Gasteiger charge is 2.12. The van der Waals surface area contributed by atoms with Gasteiger partial charge in [-0.3, -0.25) is 0 Å². The van der Waals surface area contributed by atoms with Gasteiger partial charge in [-0.25, -0.2) is 4.39 Å². The lowest BCUT2D eigenvalue weighted by Crippen LogP contribution is -2.21. The third-order valence-electron chi connectivity index (χ3n) is 2.15. The normalized spacial score (nSPS) is 12.9. The van der Waals surface area contributed by atoms with Crippen molar-refractivity contribution in [2.45, 2.75) is 6.42 Å². The van der Waals surface area contributed by atoms with Crippen LogP contribution in [0.3, 0.4) is 0 Å². The van der Waals surface area contributed by atoms with Crippen LogP contribution < -0.4 is 5.73 Å². The van der Waals surface area contributed by atoms with Crippen LogP contribution in [-0.2, 0) is 6.42 Å². The van der Waals surface area contributed by atoms with Crippen LogP contribution in [0.5, 0.6) is 0 Å². The summed E-state index contributed by atoms with van der Waals surface area (Å²) < 4.78 is 13.3. The van der Waals surface area contributed by atoms with Gasteiger partial charge in [0.05, 0.1) is 0 Å². The van der Waals surface area contributed by atoms with Crippen molar-refractivity contribution in [3.63, 3.8) is 0 Å². The summed E-state index contributed by atoms with van der Waals surface area (Å²) in [6.45, 7) is 0.266. The number of hydrogen-bond donors (Lipinski definition) is 2. The molecule has 14 heavy (non-hydrogen) atoms. The van der Waals surface area contributed by atoms with Crippen molar-refractivity contribution in [2.75, 3.05) is 13.2 Å². The summed E-state index contributed by atoms with van der Waals surface area (Å²) in [6, 6.07) is 4.54. The van der Waals surface area contributed by atoms with Crippen molar-refractivity contribution in [3.8, 4) is 0 Å². The Labute approximate surface area is 87.5 Å². The van der Waals surface area contributed by atoms with Crippen LogP contribution in [0, 0.1) is 11.7 Å². The molecule has 0 spiro atoms. The van der Waals surface area contributed by atoms with Gasteiger partial charge in [0, 0.05) is 17.2 Å². The van der Waals surface area contributed by atoms with Gasteiger partial charge in [0.25, 0.3) is 0 Å². The number of nitrogens with two attached hydrogens (primary N) is 1. The maximum Gasteiger partial charge on any atom is 0.127 e. The topological polar surface area (TPSA) is 46.2 Å². The molecule has 1 unspecified atom stereocenters. The minimum atomic E-state index is -0.343. The molecule has 0 amide bonds. The van der Waals surface area contributed by atoms with Crippen LogP contribution in [0.25, 0.3) is 0 Å². The Balaban J connectivity index is 2.84. The first-order chi connectivity index (χ1) is 6.69.